The summed E-state index contributed by atoms with van der Waals surface area (Å²) in [6.07, 6.45) is 0. The first-order valence-corrected chi connectivity index (χ1v) is 6.60. The Labute approximate surface area is 100 Å². The molecule has 17 heavy (non-hydrogen) atoms. The lowest BCUT2D eigenvalue weighted by molar-refractivity contribution is 0.0777. The van der Waals surface area contributed by atoms with Crippen molar-refractivity contribution in [3.63, 3.8) is 0 Å². The van der Waals surface area contributed by atoms with E-state index in [0.717, 1.165) is 7.11 Å². The second-order valence-corrected chi connectivity index (χ2v) is 5.84. The van der Waals surface area contributed by atoms with E-state index in [9.17, 15) is 14.1 Å². The summed E-state index contributed by atoms with van der Waals surface area (Å²) in [5.74, 6) is 2.40. The molecule has 5 heteroatoms. The van der Waals surface area contributed by atoms with Gasteiger partial charge in [-0.15, -0.1) is 0 Å². The van der Waals surface area contributed by atoms with Crippen LogP contribution in [0.5, 0.6) is 0 Å². The summed E-state index contributed by atoms with van der Waals surface area (Å²) in [7, 11) is -2.68. The van der Waals surface area contributed by atoms with Crippen molar-refractivity contribution in [2.45, 2.75) is 12.3 Å². The maximum Gasteiger partial charge on any atom is 0.311 e. The van der Waals surface area contributed by atoms with Crippen LogP contribution in [-0.2, 0) is 14.4 Å². The zero-order valence-corrected chi connectivity index (χ0v) is 10.6. The number of alkyl halides is 1. The van der Waals surface area contributed by atoms with E-state index in [1.807, 2.05) is 0 Å². The van der Waals surface area contributed by atoms with Gasteiger partial charge in [-0.25, -0.2) is 4.39 Å². The summed E-state index contributed by atoms with van der Waals surface area (Å²) in [5, 5.41) is 8.06. The second-order valence-electron chi connectivity index (χ2n) is 3.41. The summed E-state index contributed by atoms with van der Waals surface area (Å²) in [6.45, 7) is 0.228. The molecule has 0 aliphatic heterocycles. The fourth-order valence-electron chi connectivity index (χ4n) is 1.47. The van der Waals surface area contributed by atoms with Crippen LogP contribution in [0.25, 0.3) is 0 Å². The molecule has 1 aromatic rings. The minimum Gasteiger partial charge on any atom is -0.372 e. The molecule has 3 nitrogen and oxygen atoms in total. The third-order valence-corrected chi connectivity index (χ3v) is 4.81. The Bertz CT molecular complexity index is 478. The van der Waals surface area contributed by atoms with Gasteiger partial charge in [0, 0.05) is 7.11 Å². The van der Waals surface area contributed by atoms with Crippen LogP contribution in [0.3, 0.4) is 0 Å². The van der Waals surface area contributed by atoms with Crippen LogP contribution in [0.4, 0.5) is 4.39 Å². The SMILES string of the molecule is CC#C[P@](=O)(OC)[C@](O)(CF)c1ccccc1. The predicted molar refractivity (Wildman–Crippen MR) is 64.4 cm³/mol. The van der Waals surface area contributed by atoms with Gasteiger partial charge in [0.15, 0.2) is 0 Å². The Balaban J connectivity index is 3.38. The molecule has 0 radical (unpaired) electrons. The molecule has 1 rings (SSSR count). The van der Waals surface area contributed by atoms with E-state index in [2.05, 4.69) is 11.6 Å². The molecule has 1 aromatic carbocycles. The van der Waals surface area contributed by atoms with Crippen molar-refractivity contribution >= 4 is 7.37 Å². The Morgan fingerprint density at radius 2 is 2.06 bits per heavy atom. The minimum absolute atomic E-state index is 0.190. The normalized spacial score (nSPS) is 17.4. The summed E-state index contributed by atoms with van der Waals surface area (Å²) in [4.78, 5) is 0. The molecule has 0 aliphatic carbocycles. The average molecular weight is 256 g/mol. The molecule has 1 N–H and O–H groups in total. The van der Waals surface area contributed by atoms with Gasteiger partial charge in [0.2, 0.25) is 5.34 Å². The number of aliphatic hydroxyl groups is 1. The first-order chi connectivity index (χ1) is 8.04. The maximum absolute atomic E-state index is 13.2. The van der Waals surface area contributed by atoms with E-state index in [1.54, 1.807) is 18.2 Å². The first kappa shape index (κ1) is 13.9. The van der Waals surface area contributed by atoms with Gasteiger partial charge in [-0.2, -0.15) is 0 Å². The van der Waals surface area contributed by atoms with Crippen molar-refractivity contribution in [1.82, 2.24) is 0 Å². The van der Waals surface area contributed by atoms with Crippen molar-refractivity contribution in [3.8, 4) is 11.6 Å². The summed E-state index contributed by atoms with van der Waals surface area (Å²) < 4.78 is 30.3. The number of benzene rings is 1. The van der Waals surface area contributed by atoms with Gasteiger partial charge in [-0.05, 0) is 18.1 Å². The molecule has 0 aromatic heterocycles. The van der Waals surface area contributed by atoms with Crippen molar-refractivity contribution in [1.29, 1.82) is 0 Å². The van der Waals surface area contributed by atoms with E-state index in [4.69, 9.17) is 4.52 Å². The number of halogens is 1. The molecule has 0 saturated heterocycles. The van der Waals surface area contributed by atoms with Gasteiger partial charge in [0.25, 0.3) is 0 Å². The van der Waals surface area contributed by atoms with Gasteiger partial charge in [-0.1, -0.05) is 36.3 Å². The van der Waals surface area contributed by atoms with Gasteiger partial charge in [-0.3, -0.25) is 4.57 Å². The third kappa shape index (κ3) is 2.42. The van der Waals surface area contributed by atoms with Crippen LogP contribution in [0.1, 0.15) is 12.5 Å². The fraction of sp³-hybridized carbons (Fsp3) is 0.333. The zero-order valence-electron chi connectivity index (χ0n) is 9.68. The Morgan fingerprint density at radius 1 is 1.47 bits per heavy atom. The Hall–Kier alpha value is -1.14. The van der Waals surface area contributed by atoms with Crippen LogP contribution in [0.2, 0.25) is 0 Å². The van der Waals surface area contributed by atoms with E-state index >= 15 is 0 Å². The van der Waals surface area contributed by atoms with Crippen molar-refractivity contribution < 1.29 is 18.6 Å². The number of hydrogen-bond donors (Lipinski definition) is 1. The van der Waals surface area contributed by atoms with Crippen LogP contribution in [-0.4, -0.2) is 18.9 Å². The lowest BCUT2D eigenvalue weighted by Gasteiger charge is -2.29. The average Bonchev–Trinajstić information content (AvgIpc) is 2.38. The standard InChI is InChI=1S/C12H14FO3P/c1-3-9-17(15,16-2)12(14,10-13)11-7-5-4-6-8-11/h4-8,14H,10H2,1-2H3/t12-,17+/m1/s1. The molecule has 0 amide bonds. The lowest BCUT2D eigenvalue weighted by atomic mass is 10.1. The monoisotopic (exact) mass is 256 g/mol. The Kier molecular flexibility index (Phi) is 4.47. The van der Waals surface area contributed by atoms with Gasteiger partial charge >= 0.3 is 7.37 Å². The highest BCUT2D eigenvalue weighted by Crippen LogP contribution is 2.61. The Morgan fingerprint density at radius 3 is 2.47 bits per heavy atom. The van der Waals surface area contributed by atoms with Crippen LogP contribution < -0.4 is 0 Å². The van der Waals surface area contributed by atoms with Crippen molar-refractivity contribution in [2.75, 3.05) is 13.8 Å². The highest BCUT2D eigenvalue weighted by molar-refractivity contribution is 7.65. The molecule has 92 valence electrons. The summed E-state index contributed by atoms with van der Waals surface area (Å²) >= 11 is 0. The lowest BCUT2D eigenvalue weighted by Crippen LogP contribution is -2.28. The summed E-state index contributed by atoms with van der Waals surface area (Å²) in [5.41, 5.74) is 2.48. The van der Waals surface area contributed by atoms with Crippen LogP contribution in [0, 0.1) is 11.6 Å². The van der Waals surface area contributed by atoms with Crippen LogP contribution in [0.15, 0.2) is 30.3 Å². The van der Waals surface area contributed by atoms with E-state index in [1.165, 1.54) is 19.1 Å². The van der Waals surface area contributed by atoms with Crippen molar-refractivity contribution in [3.05, 3.63) is 35.9 Å². The molecule has 0 spiro atoms. The predicted octanol–water partition coefficient (Wildman–Crippen LogP) is 2.71. The van der Waals surface area contributed by atoms with Gasteiger partial charge < -0.3 is 9.63 Å². The molecule has 0 heterocycles. The van der Waals surface area contributed by atoms with Crippen molar-refractivity contribution in [2.24, 2.45) is 0 Å². The molecule has 2 atom stereocenters. The van der Waals surface area contributed by atoms with E-state index < -0.39 is 19.4 Å². The largest absolute Gasteiger partial charge is 0.372 e. The van der Waals surface area contributed by atoms with Gasteiger partial charge in [0.05, 0.1) is 0 Å². The topological polar surface area (TPSA) is 46.5 Å². The maximum atomic E-state index is 13.2. The molecule has 0 aliphatic rings. The minimum atomic E-state index is -3.82. The van der Waals surface area contributed by atoms with Crippen LogP contribution >= 0.6 is 7.37 Å². The fourth-order valence-corrected chi connectivity index (χ4v) is 2.99. The molecule has 0 saturated carbocycles. The smallest absolute Gasteiger partial charge is 0.311 e. The number of rotatable bonds is 4. The molecular formula is C12H14FO3P. The third-order valence-electron chi connectivity index (χ3n) is 2.43. The first-order valence-electron chi connectivity index (χ1n) is 4.98. The quantitative estimate of drug-likeness (QED) is 0.665. The molecule has 0 unspecified atom stereocenters. The highest BCUT2D eigenvalue weighted by Gasteiger charge is 2.48. The summed E-state index contributed by atoms with van der Waals surface area (Å²) in [6, 6.07) is 7.93. The van der Waals surface area contributed by atoms with Gasteiger partial charge in [0.1, 0.15) is 6.67 Å². The number of hydrogen-bond acceptors (Lipinski definition) is 3. The second kappa shape index (κ2) is 5.46. The zero-order chi connectivity index (χ0) is 12.9. The van der Waals surface area contributed by atoms with E-state index in [-0.39, 0.29) is 5.56 Å². The highest BCUT2D eigenvalue weighted by atomic mass is 31.2. The molecular weight excluding hydrogens is 242 g/mol. The molecule has 0 bridgehead atoms. The van der Waals surface area contributed by atoms with E-state index in [0.29, 0.717) is 0 Å². The molecule has 0 fully saturated rings.